The molecular weight excluding hydrogens is 164 g/mol. The van der Waals surface area contributed by atoms with Crippen LogP contribution in [0.1, 0.15) is 33.6 Å². The first-order valence-electron chi connectivity index (χ1n) is 5.14. The standard InChI is InChI=1S/C10H20N2O/c1-5-10(6-2)11(4)9(13)8-12(10)7-3/h5-8H2,1-4H3. The topological polar surface area (TPSA) is 23.6 Å². The molecule has 3 nitrogen and oxygen atoms in total. The van der Waals surface area contributed by atoms with Crippen molar-refractivity contribution in [3.05, 3.63) is 0 Å². The smallest absolute Gasteiger partial charge is 0.238 e. The number of carbonyl (C=O) groups excluding carboxylic acids is 1. The van der Waals surface area contributed by atoms with E-state index in [1.807, 2.05) is 11.9 Å². The molecule has 3 heteroatoms. The molecule has 1 fully saturated rings. The first-order valence-corrected chi connectivity index (χ1v) is 5.14. The highest BCUT2D eigenvalue weighted by molar-refractivity contribution is 5.81. The summed E-state index contributed by atoms with van der Waals surface area (Å²) in [5.41, 5.74) is -0.00810. The van der Waals surface area contributed by atoms with Crippen LogP contribution in [0.25, 0.3) is 0 Å². The molecule has 1 aliphatic rings. The molecule has 0 atom stereocenters. The van der Waals surface area contributed by atoms with Gasteiger partial charge in [-0.05, 0) is 19.4 Å². The van der Waals surface area contributed by atoms with Crippen molar-refractivity contribution in [3.8, 4) is 0 Å². The Morgan fingerprint density at radius 1 is 1.31 bits per heavy atom. The van der Waals surface area contributed by atoms with Gasteiger partial charge in [-0.25, -0.2) is 0 Å². The second-order valence-corrected chi connectivity index (χ2v) is 3.66. The fourth-order valence-corrected chi connectivity index (χ4v) is 2.44. The van der Waals surface area contributed by atoms with Crippen LogP contribution in [0.4, 0.5) is 0 Å². The van der Waals surface area contributed by atoms with Crippen molar-refractivity contribution in [1.82, 2.24) is 9.80 Å². The maximum atomic E-state index is 11.6. The summed E-state index contributed by atoms with van der Waals surface area (Å²) in [5.74, 6) is 0.255. The van der Waals surface area contributed by atoms with Crippen molar-refractivity contribution in [1.29, 1.82) is 0 Å². The van der Waals surface area contributed by atoms with Crippen LogP contribution in [0.2, 0.25) is 0 Å². The highest BCUT2D eigenvalue weighted by atomic mass is 16.2. The number of hydrogen-bond acceptors (Lipinski definition) is 2. The number of rotatable bonds is 3. The molecule has 13 heavy (non-hydrogen) atoms. The number of hydrogen-bond donors (Lipinski definition) is 0. The molecule has 0 aromatic rings. The zero-order valence-electron chi connectivity index (χ0n) is 9.13. The lowest BCUT2D eigenvalue weighted by Gasteiger charge is -2.40. The van der Waals surface area contributed by atoms with E-state index in [2.05, 4.69) is 25.7 Å². The molecule has 0 saturated carbocycles. The fraction of sp³-hybridized carbons (Fsp3) is 0.900. The summed E-state index contributed by atoms with van der Waals surface area (Å²) < 4.78 is 0. The van der Waals surface area contributed by atoms with Gasteiger partial charge in [0.15, 0.2) is 0 Å². The third kappa shape index (κ3) is 1.35. The van der Waals surface area contributed by atoms with Crippen molar-refractivity contribution in [2.45, 2.75) is 39.3 Å². The van der Waals surface area contributed by atoms with Gasteiger partial charge in [-0.3, -0.25) is 9.69 Å². The maximum Gasteiger partial charge on any atom is 0.238 e. The van der Waals surface area contributed by atoms with Crippen LogP contribution in [0.15, 0.2) is 0 Å². The van der Waals surface area contributed by atoms with Crippen molar-refractivity contribution in [2.24, 2.45) is 0 Å². The largest absolute Gasteiger partial charge is 0.326 e. The van der Waals surface area contributed by atoms with E-state index in [-0.39, 0.29) is 11.6 Å². The first-order chi connectivity index (χ1) is 6.12. The van der Waals surface area contributed by atoms with Gasteiger partial charge in [-0.1, -0.05) is 20.8 Å². The van der Waals surface area contributed by atoms with Gasteiger partial charge in [-0.15, -0.1) is 0 Å². The molecule has 76 valence electrons. The van der Waals surface area contributed by atoms with Crippen LogP contribution in [0.5, 0.6) is 0 Å². The Hall–Kier alpha value is -0.570. The minimum absolute atomic E-state index is 0.00810. The van der Waals surface area contributed by atoms with E-state index in [4.69, 9.17) is 0 Å². The predicted molar refractivity (Wildman–Crippen MR) is 53.3 cm³/mol. The second kappa shape index (κ2) is 3.66. The molecule has 0 N–H and O–H groups in total. The Balaban J connectivity index is 2.94. The highest BCUT2D eigenvalue weighted by Crippen LogP contribution is 2.32. The SMILES string of the molecule is CCN1CC(=O)N(C)C1(CC)CC. The van der Waals surface area contributed by atoms with Crippen LogP contribution < -0.4 is 0 Å². The van der Waals surface area contributed by atoms with E-state index in [1.54, 1.807) is 0 Å². The third-order valence-corrected chi connectivity index (χ3v) is 3.43. The van der Waals surface area contributed by atoms with Crippen LogP contribution in [0, 0.1) is 0 Å². The molecule has 1 heterocycles. The number of nitrogens with zero attached hydrogens (tertiary/aromatic N) is 2. The van der Waals surface area contributed by atoms with Gasteiger partial charge in [0.1, 0.15) is 0 Å². The zero-order valence-corrected chi connectivity index (χ0v) is 9.13. The summed E-state index contributed by atoms with van der Waals surface area (Å²) in [5, 5.41) is 0. The van der Waals surface area contributed by atoms with Gasteiger partial charge >= 0.3 is 0 Å². The van der Waals surface area contributed by atoms with Crippen LogP contribution in [-0.2, 0) is 4.79 Å². The molecule has 0 aromatic heterocycles. The summed E-state index contributed by atoms with van der Waals surface area (Å²) >= 11 is 0. The van der Waals surface area contributed by atoms with Gasteiger partial charge in [0, 0.05) is 7.05 Å². The van der Waals surface area contributed by atoms with Gasteiger partial charge < -0.3 is 4.90 Å². The van der Waals surface area contributed by atoms with E-state index in [9.17, 15) is 4.79 Å². The second-order valence-electron chi connectivity index (χ2n) is 3.66. The van der Waals surface area contributed by atoms with Crippen LogP contribution in [0.3, 0.4) is 0 Å². The molecule has 0 aromatic carbocycles. The Bertz CT molecular complexity index is 199. The summed E-state index contributed by atoms with van der Waals surface area (Å²) in [4.78, 5) is 15.7. The first kappa shape index (κ1) is 10.5. The zero-order chi connectivity index (χ0) is 10.1. The molecule has 0 bridgehead atoms. The van der Waals surface area contributed by atoms with Crippen LogP contribution >= 0.6 is 0 Å². The average molecular weight is 184 g/mol. The normalized spacial score (nSPS) is 22.8. The lowest BCUT2D eigenvalue weighted by molar-refractivity contribution is -0.129. The van der Waals surface area contributed by atoms with Crippen molar-refractivity contribution < 1.29 is 4.79 Å². The maximum absolute atomic E-state index is 11.6. The minimum atomic E-state index is -0.00810. The number of carbonyl (C=O) groups is 1. The monoisotopic (exact) mass is 184 g/mol. The molecule has 1 rings (SSSR count). The van der Waals surface area contributed by atoms with Gasteiger partial charge in [0.2, 0.25) is 5.91 Å². The van der Waals surface area contributed by atoms with Crippen molar-refractivity contribution in [2.75, 3.05) is 20.1 Å². The molecule has 0 unspecified atom stereocenters. The molecule has 1 saturated heterocycles. The average Bonchev–Trinajstić information content (AvgIpc) is 2.40. The highest BCUT2D eigenvalue weighted by Gasteiger charge is 2.45. The summed E-state index contributed by atoms with van der Waals surface area (Å²) in [7, 11) is 1.92. The van der Waals surface area contributed by atoms with Crippen molar-refractivity contribution >= 4 is 5.91 Å². The van der Waals surface area contributed by atoms with Gasteiger partial charge in [0.25, 0.3) is 0 Å². The van der Waals surface area contributed by atoms with Gasteiger partial charge in [0.05, 0.1) is 12.2 Å². The fourth-order valence-electron chi connectivity index (χ4n) is 2.44. The van der Waals surface area contributed by atoms with Gasteiger partial charge in [-0.2, -0.15) is 0 Å². The Morgan fingerprint density at radius 3 is 2.15 bits per heavy atom. The molecular formula is C10H20N2O. The Labute approximate surface area is 80.7 Å². The minimum Gasteiger partial charge on any atom is -0.326 e. The molecule has 1 aliphatic heterocycles. The lowest BCUT2D eigenvalue weighted by Crippen LogP contribution is -2.51. The molecule has 0 spiro atoms. The van der Waals surface area contributed by atoms with E-state index in [0.717, 1.165) is 19.4 Å². The van der Waals surface area contributed by atoms with E-state index in [0.29, 0.717) is 6.54 Å². The molecule has 0 aliphatic carbocycles. The summed E-state index contributed by atoms with van der Waals surface area (Å²) in [6.45, 7) is 7.97. The molecule has 0 radical (unpaired) electrons. The van der Waals surface area contributed by atoms with E-state index < -0.39 is 0 Å². The quantitative estimate of drug-likeness (QED) is 0.660. The number of amides is 1. The predicted octanol–water partition coefficient (Wildman–Crippen LogP) is 1.30. The molecule has 1 amide bonds. The Morgan fingerprint density at radius 2 is 1.85 bits per heavy atom. The number of likely N-dealkylation sites (N-methyl/N-ethyl adjacent to an activating group) is 2. The third-order valence-electron chi connectivity index (χ3n) is 3.43. The van der Waals surface area contributed by atoms with Crippen LogP contribution in [-0.4, -0.2) is 41.5 Å². The lowest BCUT2D eigenvalue weighted by atomic mass is 10.0. The summed E-state index contributed by atoms with van der Waals surface area (Å²) in [6, 6.07) is 0. The van der Waals surface area contributed by atoms with Crippen molar-refractivity contribution in [3.63, 3.8) is 0 Å². The summed E-state index contributed by atoms with van der Waals surface area (Å²) in [6.07, 6.45) is 2.03. The van der Waals surface area contributed by atoms with E-state index >= 15 is 0 Å². The van der Waals surface area contributed by atoms with E-state index in [1.165, 1.54) is 0 Å². The Kier molecular flexibility index (Phi) is 2.96.